The SMILES string of the molecule is CCCCNC(=O)C(C)N(Cc1ccccc1)C(=O)CN(c1ccc(I)cc1)S(=O)(=O)c1ccccc1. The first kappa shape index (κ1) is 28.6. The van der Waals surface area contributed by atoms with Crippen LogP contribution in [-0.2, 0) is 26.2 Å². The van der Waals surface area contributed by atoms with Crippen LogP contribution in [0.1, 0.15) is 32.3 Å². The van der Waals surface area contributed by atoms with Crippen molar-refractivity contribution < 1.29 is 18.0 Å². The van der Waals surface area contributed by atoms with Gasteiger partial charge in [-0.25, -0.2) is 8.42 Å². The Bertz CT molecular complexity index is 1270. The van der Waals surface area contributed by atoms with Crippen LogP contribution in [0.3, 0.4) is 0 Å². The van der Waals surface area contributed by atoms with Gasteiger partial charge in [0.1, 0.15) is 12.6 Å². The normalized spacial score (nSPS) is 12.0. The maximum absolute atomic E-state index is 13.8. The molecule has 0 aliphatic rings. The van der Waals surface area contributed by atoms with Crippen LogP contribution in [0.4, 0.5) is 5.69 Å². The van der Waals surface area contributed by atoms with Crippen LogP contribution in [0.25, 0.3) is 0 Å². The van der Waals surface area contributed by atoms with E-state index in [4.69, 9.17) is 0 Å². The highest BCUT2D eigenvalue weighted by molar-refractivity contribution is 14.1. The number of carbonyl (C=O) groups is 2. The summed E-state index contributed by atoms with van der Waals surface area (Å²) in [5.74, 6) is -0.746. The van der Waals surface area contributed by atoms with Crippen molar-refractivity contribution >= 4 is 50.1 Å². The molecule has 3 aromatic rings. The van der Waals surface area contributed by atoms with Gasteiger partial charge in [-0.1, -0.05) is 61.9 Å². The van der Waals surface area contributed by atoms with Gasteiger partial charge >= 0.3 is 0 Å². The zero-order valence-corrected chi connectivity index (χ0v) is 24.0. The summed E-state index contributed by atoms with van der Waals surface area (Å²) in [5, 5.41) is 2.89. The molecule has 1 unspecified atom stereocenters. The van der Waals surface area contributed by atoms with E-state index in [-0.39, 0.29) is 17.3 Å². The summed E-state index contributed by atoms with van der Waals surface area (Å²) < 4.78 is 29.4. The van der Waals surface area contributed by atoms with E-state index >= 15 is 0 Å². The van der Waals surface area contributed by atoms with E-state index in [1.165, 1.54) is 17.0 Å². The largest absolute Gasteiger partial charge is 0.354 e. The van der Waals surface area contributed by atoms with Crippen LogP contribution in [0, 0.1) is 3.57 Å². The summed E-state index contributed by atoms with van der Waals surface area (Å²) in [4.78, 5) is 28.2. The lowest BCUT2D eigenvalue weighted by molar-refractivity contribution is -0.139. The Morgan fingerprint density at radius 2 is 1.51 bits per heavy atom. The molecule has 0 heterocycles. The van der Waals surface area contributed by atoms with Crippen LogP contribution in [0.5, 0.6) is 0 Å². The molecule has 1 atom stereocenters. The van der Waals surface area contributed by atoms with Gasteiger partial charge in [0.2, 0.25) is 11.8 Å². The third-order valence-electron chi connectivity index (χ3n) is 5.92. The topological polar surface area (TPSA) is 86.8 Å². The molecular formula is C28H32IN3O4S. The van der Waals surface area contributed by atoms with E-state index in [1.54, 1.807) is 49.4 Å². The lowest BCUT2D eigenvalue weighted by atomic mass is 10.1. The first-order valence-electron chi connectivity index (χ1n) is 12.2. The van der Waals surface area contributed by atoms with Crippen LogP contribution >= 0.6 is 22.6 Å². The molecule has 0 saturated carbocycles. The predicted octanol–water partition coefficient (Wildman–Crippen LogP) is 4.82. The summed E-state index contributed by atoms with van der Waals surface area (Å²) in [6.45, 7) is 3.95. The fourth-order valence-electron chi connectivity index (χ4n) is 3.75. The summed E-state index contributed by atoms with van der Waals surface area (Å²) in [6, 6.07) is 23.5. The summed E-state index contributed by atoms with van der Waals surface area (Å²) >= 11 is 2.14. The maximum atomic E-state index is 13.8. The minimum atomic E-state index is -4.05. The number of amides is 2. The number of unbranched alkanes of at least 4 members (excludes halogenated alkanes) is 1. The molecule has 7 nitrogen and oxygen atoms in total. The molecule has 0 aromatic heterocycles. The Kier molecular flexibility index (Phi) is 10.5. The van der Waals surface area contributed by atoms with Gasteiger partial charge in [-0.2, -0.15) is 0 Å². The highest BCUT2D eigenvalue weighted by Gasteiger charge is 2.32. The van der Waals surface area contributed by atoms with Gasteiger partial charge in [-0.3, -0.25) is 13.9 Å². The Morgan fingerprint density at radius 1 is 0.919 bits per heavy atom. The number of rotatable bonds is 12. The molecule has 0 fully saturated rings. The number of sulfonamides is 1. The van der Waals surface area contributed by atoms with Gasteiger partial charge in [0.05, 0.1) is 10.6 Å². The molecule has 0 saturated heterocycles. The van der Waals surface area contributed by atoms with E-state index in [9.17, 15) is 18.0 Å². The van der Waals surface area contributed by atoms with Gasteiger partial charge in [-0.15, -0.1) is 0 Å². The fourth-order valence-corrected chi connectivity index (χ4v) is 5.55. The van der Waals surface area contributed by atoms with Gasteiger partial charge in [0, 0.05) is 16.7 Å². The quantitative estimate of drug-likeness (QED) is 0.229. The van der Waals surface area contributed by atoms with Crippen molar-refractivity contribution in [3.05, 3.63) is 94.1 Å². The molecule has 2 amide bonds. The minimum absolute atomic E-state index is 0.0846. The average molecular weight is 634 g/mol. The van der Waals surface area contributed by atoms with Crippen LogP contribution in [0.15, 0.2) is 89.8 Å². The zero-order valence-electron chi connectivity index (χ0n) is 21.0. The Hall–Kier alpha value is -2.92. The van der Waals surface area contributed by atoms with E-state index in [1.807, 2.05) is 37.3 Å². The lowest BCUT2D eigenvalue weighted by Crippen LogP contribution is -2.51. The molecule has 196 valence electrons. The van der Waals surface area contributed by atoms with Gasteiger partial charge < -0.3 is 10.2 Å². The monoisotopic (exact) mass is 633 g/mol. The third-order valence-corrected chi connectivity index (χ3v) is 8.42. The van der Waals surface area contributed by atoms with Crippen molar-refractivity contribution in [3.63, 3.8) is 0 Å². The number of nitrogens with one attached hydrogen (secondary N) is 1. The number of hydrogen-bond acceptors (Lipinski definition) is 4. The number of nitrogens with zero attached hydrogens (tertiary/aromatic N) is 2. The van der Waals surface area contributed by atoms with Gasteiger partial charge in [-0.05, 0) is 77.9 Å². The average Bonchev–Trinajstić information content (AvgIpc) is 2.91. The molecule has 0 aliphatic carbocycles. The third kappa shape index (κ3) is 7.78. The number of anilines is 1. The molecule has 0 spiro atoms. The number of hydrogen-bond donors (Lipinski definition) is 1. The molecular weight excluding hydrogens is 601 g/mol. The standard InChI is InChI=1S/C28H32IN3O4S/c1-3-4-19-30-28(34)22(2)31(20-23-11-7-5-8-12-23)27(33)21-32(25-17-15-24(29)16-18-25)37(35,36)26-13-9-6-10-14-26/h5-18,22H,3-4,19-21H2,1-2H3,(H,30,34). The molecule has 9 heteroatoms. The Balaban J connectivity index is 1.96. The van der Waals surface area contributed by atoms with E-state index in [0.29, 0.717) is 12.2 Å². The summed E-state index contributed by atoms with van der Waals surface area (Å²) in [7, 11) is -4.05. The lowest BCUT2D eigenvalue weighted by Gasteiger charge is -2.32. The first-order chi connectivity index (χ1) is 17.7. The fraction of sp³-hybridized carbons (Fsp3) is 0.286. The molecule has 0 aliphatic heterocycles. The number of benzene rings is 3. The Morgan fingerprint density at radius 3 is 2.11 bits per heavy atom. The second kappa shape index (κ2) is 13.6. The van der Waals surface area contributed by atoms with Crippen molar-refractivity contribution in [2.75, 3.05) is 17.4 Å². The second-order valence-corrected chi connectivity index (χ2v) is 11.7. The summed E-state index contributed by atoms with van der Waals surface area (Å²) in [5.41, 5.74) is 1.22. The van der Waals surface area contributed by atoms with Crippen LogP contribution < -0.4 is 9.62 Å². The van der Waals surface area contributed by atoms with E-state index in [0.717, 1.165) is 26.3 Å². The molecule has 0 bridgehead atoms. The van der Waals surface area contributed by atoms with Gasteiger partial charge in [0.25, 0.3) is 10.0 Å². The first-order valence-corrected chi connectivity index (χ1v) is 14.7. The van der Waals surface area contributed by atoms with Crippen LogP contribution in [-0.4, -0.2) is 44.3 Å². The van der Waals surface area contributed by atoms with Crippen molar-refractivity contribution in [3.8, 4) is 0 Å². The zero-order chi connectivity index (χ0) is 26.8. The van der Waals surface area contributed by atoms with Crippen LogP contribution in [0.2, 0.25) is 0 Å². The molecule has 3 rings (SSSR count). The van der Waals surface area contributed by atoms with E-state index in [2.05, 4.69) is 27.9 Å². The highest BCUT2D eigenvalue weighted by atomic mass is 127. The molecule has 0 radical (unpaired) electrons. The number of carbonyl (C=O) groups excluding carboxylic acids is 2. The van der Waals surface area contributed by atoms with Crippen molar-refractivity contribution in [1.29, 1.82) is 0 Å². The number of halogens is 1. The smallest absolute Gasteiger partial charge is 0.264 e. The second-order valence-electron chi connectivity index (χ2n) is 8.63. The van der Waals surface area contributed by atoms with Crippen molar-refractivity contribution in [1.82, 2.24) is 10.2 Å². The molecule has 3 aromatic carbocycles. The predicted molar refractivity (Wildman–Crippen MR) is 155 cm³/mol. The van der Waals surface area contributed by atoms with Crippen molar-refractivity contribution in [2.45, 2.75) is 44.2 Å². The highest BCUT2D eigenvalue weighted by Crippen LogP contribution is 2.25. The minimum Gasteiger partial charge on any atom is -0.354 e. The summed E-state index contributed by atoms with van der Waals surface area (Å²) in [6.07, 6.45) is 1.77. The molecule has 1 N–H and O–H groups in total. The van der Waals surface area contributed by atoms with E-state index < -0.39 is 28.5 Å². The molecule has 37 heavy (non-hydrogen) atoms. The van der Waals surface area contributed by atoms with Crippen molar-refractivity contribution in [2.24, 2.45) is 0 Å². The Labute approximate surface area is 233 Å². The maximum Gasteiger partial charge on any atom is 0.264 e. The van der Waals surface area contributed by atoms with Gasteiger partial charge in [0.15, 0.2) is 0 Å².